The van der Waals surface area contributed by atoms with Gasteiger partial charge < -0.3 is 10.6 Å². The number of amides is 1. The van der Waals surface area contributed by atoms with Gasteiger partial charge in [0.25, 0.3) is 0 Å². The minimum atomic E-state index is -0.144. The van der Waals surface area contributed by atoms with E-state index < -0.39 is 0 Å². The molecule has 3 nitrogen and oxygen atoms in total. The summed E-state index contributed by atoms with van der Waals surface area (Å²) < 4.78 is 0. The zero-order valence-electron chi connectivity index (χ0n) is 11.0. The highest BCUT2D eigenvalue weighted by atomic mass is 16.2. The molecule has 0 aromatic carbocycles. The Morgan fingerprint density at radius 1 is 1.31 bits per heavy atom. The van der Waals surface area contributed by atoms with Crippen molar-refractivity contribution in [1.82, 2.24) is 10.6 Å². The molecule has 0 aliphatic rings. The molecular formula is C13H26N2O. The molecule has 0 bridgehead atoms. The topological polar surface area (TPSA) is 41.1 Å². The number of hydrogen-bond donors (Lipinski definition) is 2. The molecular weight excluding hydrogens is 200 g/mol. The van der Waals surface area contributed by atoms with Crippen molar-refractivity contribution >= 4 is 5.91 Å². The summed E-state index contributed by atoms with van der Waals surface area (Å²) in [6.07, 6.45) is 4.86. The van der Waals surface area contributed by atoms with Crippen molar-refractivity contribution in [2.24, 2.45) is 0 Å². The third-order valence-corrected chi connectivity index (χ3v) is 2.56. The standard InChI is InChI=1S/C13H26N2O/c1-6-8-10(3)14-12(5)13(16)15-11(4)9-7-2/h6,10-12,14H,1,7-9H2,2-5H3,(H,15,16). The SMILES string of the molecule is C=CCC(C)NC(C)C(=O)NC(C)CCC. The molecule has 16 heavy (non-hydrogen) atoms. The van der Waals surface area contributed by atoms with Crippen LogP contribution in [0.3, 0.4) is 0 Å². The van der Waals surface area contributed by atoms with E-state index in [2.05, 4.69) is 31.1 Å². The van der Waals surface area contributed by atoms with Gasteiger partial charge in [0.15, 0.2) is 0 Å². The van der Waals surface area contributed by atoms with Gasteiger partial charge in [-0.2, -0.15) is 0 Å². The van der Waals surface area contributed by atoms with Crippen molar-refractivity contribution in [2.75, 3.05) is 0 Å². The Hall–Kier alpha value is -0.830. The van der Waals surface area contributed by atoms with Crippen LogP contribution in [0.15, 0.2) is 12.7 Å². The van der Waals surface area contributed by atoms with Gasteiger partial charge in [0.1, 0.15) is 0 Å². The van der Waals surface area contributed by atoms with E-state index in [9.17, 15) is 4.79 Å². The first kappa shape index (κ1) is 15.2. The second-order valence-electron chi connectivity index (χ2n) is 4.51. The van der Waals surface area contributed by atoms with Crippen LogP contribution in [0.2, 0.25) is 0 Å². The highest BCUT2D eigenvalue weighted by Crippen LogP contribution is 1.98. The first-order chi connectivity index (χ1) is 7.51. The van der Waals surface area contributed by atoms with E-state index in [-0.39, 0.29) is 18.0 Å². The summed E-state index contributed by atoms with van der Waals surface area (Å²) in [4.78, 5) is 11.8. The lowest BCUT2D eigenvalue weighted by Gasteiger charge is -2.21. The molecule has 0 saturated heterocycles. The molecule has 94 valence electrons. The molecule has 0 aliphatic heterocycles. The Bertz CT molecular complexity index is 216. The van der Waals surface area contributed by atoms with Crippen LogP contribution in [0, 0.1) is 0 Å². The van der Waals surface area contributed by atoms with E-state index in [1.165, 1.54) is 0 Å². The summed E-state index contributed by atoms with van der Waals surface area (Å²) >= 11 is 0. The van der Waals surface area contributed by atoms with E-state index >= 15 is 0 Å². The average molecular weight is 226 g/mol. The molecule has 0 heterocycles. The van der Waals surface area contributed by atoms with Crippen LogP contribution in [-0.2, 0) is 4.79 Å². The summed E-state index contributed by atoms with van der Waals surface area (Å²) in [5.74, 6) is 0.0804. The van der Waals surface area contributed by atoms with Gasteiger partial charge in [0.05, 0.1) is 6.04 Å². The zero-order chi connectivity index (χ0) is 12.6. The van der Waals surface area contributed by atoms with Crippen LogP contribution in [0.5, 0.6) is 0 Å². The van der Waals surface area contributed by atoms with Crippen molar-refractivity contribution in [3.8, 4) is 0 Å². The fourth-order valence-corrected chi connectivity index (χ4v) is 1.69. The lowest BCUT2D eigenvalue weighted by molar-refractivity contribution is -0.123. The molecule has 2 N–H and O–H groups in total. The highest BCUT2D eigenvalue weighted by Gasteiger charge is 2.15. The largest absolute Gasteiger partial charge is 0.352 e. The number of nitrogens with one attached hydrogen (secondary N) is 2. The zero-order valence-corrected chi connectivity index (χ0v) is 11.0. The molecule has 3 atom stereocenters. The van der Waals surface area contributed by atoms with Crippen LogP contribution in [0.25, 0.3) is 0 Å². The maximum absolute atomic E-state index is 11.8. The molecule has 0 aromatic heterocycles. The van der Waals surface area contributed by atoms with Crippen LogP contribution >= 0.6 is 0 Å². The Kier molecular flexibility index (Phi) is 7.90. The monoisotopic (exact) mass is 226 g/mol. The highest BCUT2D eigenvalue weighted by molar-refractivity contribution is 5.81. The number of carbonyl (C=O) groups excluding carboxylic acids is 1. The normalized spacial score (nSPS) is 16.2. The first-order valence-electron chi connectivity index (χ1n) is 6.18. The fraction of sp³-hybridized carbons (Fsp3) is 0.769. The summed E-state index contributed by atoms with van der Waals surface area (Å²) in [7, 11) is 0. The van der Waals surface area contributed by atoms with E-state index in [1.54, 1.807) is 0 Å². The quantitative estimate of drug-likeness (QED) is 0.623. The van der Waals surface area contributed by atoms with Gasteiger partial charge in [0.2, 0.25) is 5.91 Å². The number of hydrogen-bond acceptors (Lipinski definition) is 2. The van der Waals surface area contributed by atoms with Crippen molar-refractivity contribution in [3.05, 3.63) is 12.7 Å². The van der Waals surface area contributed by atoms with Crippen LogP contribution in [0.1, 0.15) is 47.0 Å². The third-order valence-electron chi connectivity index (χ3n) is 2.56. The molecule has 0 saturated carbocycles. The van der Waals surface area contributed by atoms with Crippen LogP contribution in [0.4, 0.5) is 0 Å². The smallest absolute Gasteiger partial charge is 0.237 e. The summed E-state index contributed by atoms with van der Waals surface area (Å²) in [6, 6.07) is 0.408. The third kappa shape index (κ3) is 6.62. The van der Waals surface area contributed by atoms with E-state index in [0.29, 0.717) is 6.04 Å². The van der Waals surface area contributed by atoms with Gasteiger partial charge in [-0.1, -0.05) is 19.4 Å². The Morgan fingerprint density at radius 2 is 1.94 bits per heavy atom. The molecule has 0 aliphatic carbocycles. The van der Waals surface area contributed by atoms with E-state index in [4.69, 9.17) is 0 Å². The summed E-state index contributed by atoms with van der Waals surface area (Å²) in [5, 5.41) is 6.25. The molecule has 0 fully saturated rings. The lowest BCUT2D eigenvalue weighted by Crippen LogP contribution is -2.48. The van der Waals surface area contributed by atoms with Crippen molar-refractivity contribution < 1.29 is 4.79 Å². The van der Waals surface area contributed by atoms with Gasteiger partial charge >= 0.3 is 0 Å². The van der Waals surface area contributed by atoms with Gasteiger partial charge in [-0.3, -0.25) is 4.79 Å². The summed E-state index contributed by atoms with van der Waals surface area (Å²) in [5.41, 5.74) is 0. The average Bonchev–Trinajstić information content (AvgIpc) is 2.17. The molecule has 0 spiro atoms. The van der Waals surface area contributed by atoms with Gasteiger partial charge in [-0.05, 0) is 33.6 Å². The first-order valence-corrected chi connectivity index (χ1v) is 6.18. The van der Waals surface area contributed by atoms with Crippen molar-refractivity contribution in [3.63, 3.8) is 0 Å². The van der Waals surface area contributed by atoms with E-state index in [1.807, 2.05) is 19.9 Å². The Morgan fingerprint density at radius 3 is 2.44 bits per heavy atom. The lowest BCUT2D eigenvalue weighted by atomic mass is 10.1. The molecule has 3 heteroatoms. The second kappa shape index (κ2) is 8.34. The second-order valence-corrected chi connectivity index (χ2v) is 4.51. The van der Waals surface area contributed by atoms with E-state index in [0.717, 1.165) is 19.3 Å². The Labute approximate surface area is 99.7 Å². The van der Waals surface area contributed by atoms with Gasteiger partial charge in [-0.25, -0.2) is 0 Å². The molecule has 3 unspecified atom stereocenters. The minimum absolute atomic E-state index is 0.0804. The van der Waals surface area contributed by atoms with Gasteiger partial charge in [-0.15, -0.1) is 6.58 Å². The minimum Gasteiger partial charge on any atom is -0.352 e. The Balaban J connectivity index is 3.93. The predicted octanol–water partition coefficient (Wildman–Crippen LogP) is 2.23. The predicted molar refractivity (Wildman–Crippen MR) is 69.4 cm³/mol. The molecule has 0 radical (unpaired) electrons. The van der Waals surface area contributed by atoms with Crippen LogP contribution in [-0.4, -0.2) is 24.0 Å². The maximum Gasteiger partial charge on any atom is 0.237 e. The number of rotatable bonds is 8. The molecule has 0 rings (SSSR count). The fourth-order valence-electron chi connectivity index (χ4n) is 1.69. The van der Waals surface area contributed by atoms with Gasteiger partial charge in [0, 0.05) is 12.1 Å². The molecule has 1 amide bonds. The summed E-state index contributed by atoms with van der Waals surface area (Å²) in [6.45, 7) is 11.8. The molecule has 0 aromatic rings. The number of carbonyl (C=O) groups is 1. The maximum atomic E-state index is 11.8. The van der Waals surface area contributed by atoms with Crippen LogP contribution < -0.4 is 10.6 Å². The van der Waals surface area contributed by atoms with Crippen molar-refractivity contribution in [2.45, 2.75) is 65.1 Å². The van der Waals surface area contributed by atoms with Crippen molar-refractivity contribution in [1.29, 1.82) is 0 Å².